The van der Waals surface area contributed by atoms with Gasteiger partial charge in [0.15, 0.2) is 0 Å². The van der Waals surface area contributed by atoms with Crippen molar-refractivity contribution >= 4 is 0 Å². The molecule has 102 valence electrons. The summed E-state index contributed by atoms with van der Waals surface area (Å²) in [5.74, 6) is 1.12. The summed E-state index contributed by atoms with van der Waals surface area (Å²) < 4.78 is 0. The molecule has 2 atom stereocenters. The minimum absolute atomic E-state index is 0.268. The van der Waals surface area contributed by atoms with Crippen LogP contribution in [-0.2, 0) is 0 Å². The Morgan fingerprint density at radius 1 is 1.22 bits per heavy atom. The monoisotopic (exact) mass is 249 g/mol. The van der Waals surface area contributed by atoms with Gasteiger partial charge in [0, 0.05) is 18.2 Å². The Kier molecular flexibility index (Phi) is 5.67. The summed E-state index contributed by atoms with van der Waals surface area (Å²) in [5, 5.41) is 10.1. The molecule has 0 amide bonds. The lowest BCUT2D eigenvalue weighted by Gasteiger charge is -2.30. The SMILES string of the molecule is CCC(C)CN(CC)C(C)c1ccc(C)cc1O. The van der Waals surface area contributed by atoms with Gasteiger partial charge in [-0.15, -0.1) is 0 Å². The number of rotatable bonds is 6. The molecule has 0 spiro atoms. The third kappa shape index (κ3) is 3.74. The van der Waals surface area contributed by atoms with Crippen LogP contribution in [0.4, 0.5) is 0 Å². The van der Waals surface area contributed by atoms with Gasteiger partial charge in [0.05, 0.1) is 0 Å². The summed E-state index contributed by atoms with van der Waals surface area (Å²) >= 11 is 0. The first-order valence-corrected chi connectivity index (χ1v) is 7.03. The molecule has 0 aliphatic carbocycles. The first-order valence-electron chi connectivity index (χ1n) is 7.03. The maximum absolute atomic E-state index is 10.1. The van der Waals surface area contributed by atoms with Crippen LogP contribution in [0.15, 0.2) is 18.2 Å². The van der Waals surface area contributed by atoms with Crippen molar-refractivity contribution in [1.82, 2.24) is 4.90 Å². The number of phenolic OH excluding ortho intramolecular Hbond substituents is 1. The highest BCUT2D eigenvalue weighted by molar-refractivity contribution is 5.37. The van der Waals surface area contributed by atoms with Crippen LogP contribution in [0, 0.1) is 12.8 Å². The molecule has 1 aromatic rings. The highest BCUT2D eigenvalue weighted by Crippen LogP contribution is 2.29. The average molecular weight is 249 g/mol. The van der Waals surface area contributed by atoms with Gasteiger partial charge in [0.2, 0.25) is 0 Å². The maximum atomic E-state index is 10.1. The molecule has 0 radical (unpaired) electrons. The van der Waals surface area contributed by atoms with Crippen LogP contribution >= 0.6 is 0 Å². The number of aromatic hydroxyl groups is 1. The molecular formula is C16H27NO. The Hall–Kier alpha value is -1.02. The van der Waals surface area contributed by atoms with Crippen LogP contribution in [0.5, 0.6) is 5.75 Å². The minimum Gasteiger partial charge on any atom is -0.508 e. The van der Waals surface area contributed by atoms with Crippen molar-refractivity contribution < 1.29 is 5.11 Å². The summed E-state index contributed by atoms with van der Waals surface area (Å²) in [6.45, 7) is 13.0. The van der Waals surface area contributed by atoms with Gasteiger partial charge in [0.25, 0.3) is 0 Å². The fourth-order valence-electron chi connectivity index (χ4n) is 2.29. The van der Waals surface area contributed by atoms with Crippen LogP contribution in [-0.4, -0.2) is 23.1 Å². The van der Waals surface area contributed by atoms with Crippen LogP contribution in [0.1, 0.15) is 51.3 Å². The van der Waals surface area contributed by atoms with Crippen molar-refractivity contribution in [3.05, 3.63) is 29.3 Å². The first kappa shape index (κ1) is 15.0. The fourth-order valence-corrected chi connectivity index (χ4v) is 2.29. The van der Waals surface area contributed by atoms with E-state index in [9.17, 15) is 5.11 Å². The highest BCUT2D eigenvalue weighted by atomic mass is 16.3. The first-order chi connectivity index (χ1) is 8.49. The molecule has 18 heavy (non-hydrogen) atoms. The Morgan fingerprint density at radius 3 is 2.39 bits per heavy atom. The third-order valence-corrected chi connectivity index (χ3v) is 3.83. The van der Waals surface area contributed by atoms with Crippen molar-refractivity contribution in [3.8, 4) is 5.75 Å². The Labute approximate surface area is 112 Å². The van der Waals surface area contributed by atoms with E-state index in [2.05, 4.69) is 44.7 Å². The number of benzene rings is 1. The lowest BCUT2D eigenvalue weighted by Crippen LogP contribution is -2.31. The van der Waals surface area contributed by atoms with E-state index in [4.69, 9.17) is 0 Å². The van der Waals surface area contributed by atoms with Crippen LogP contribution in [0.25, 0.3) is 0 Å². The fraction of sp³-hybridized carbons (Fsp3) is 0.625. The highest BCUT2D eigenvalue weighted by Gasteiger charge is 2.18. The van der Waals surface area contributed by atoms with Crippen molar-refractivity contribution in [2.75, 3.05) is 13.1 Å². The van der Waals surface area contributed by atoms with Crippen molar-refractivity contribution in [1.29, 1.82) is 0 Å². The molecule has 0 saturated carbocycles. The second kappa shape index (κ2) is 6.79. The minimum atomic E-state index is 0.268. The van der Waals surface area contributed by atoms with Crippen LogP contribution in [0.2, 0.25) is 0 Å². The van der Waals surface area contributed by atoms with Gasteiger partial charge in [-0.2, -0.15) is 0 Å². The summed E-state index contributed by atoms with van der Waals surface area (Å²) in [4.78, 5) is 2.43. The number of nitrogens with zero attached hydrogens (tertiary/aromatic N) is 1. The number of aryl methyl sites for hydroxylation is 1. The van der Waals surface area contributed by atoms with E-state index in [1.807, 2.05) is 13.0 Å². The zero-order valence-electron chi connectivity index (χ0n) is 12.4. The molecule has 1 N–H and O–H groups in total. The summed E-state index contributed by atoms with van der Waals surface area (Å²) in [6, 6.07) is 6.24. The van der Waals surface area contributed by atoms with Gasteiger partial charge in [-0.3, -0.25) is 4.90 Å². The van der Waals surface area contributed by atoms with Crippen molar-refractivity contribution in [2.45, 2.75) is 47.1 Å². The van der Waals surface area contributed by atoms with Crippen molar-refractivity contribution in [3.63, 3.8) is 0 Å². The number of hydrogen-bond donors (Lipinski definition) is 1. The zero-order valence-corrected chi connectivity index (χ0v) is 12.4. The van der Waals surface area contributed by atoms with Crippen LogP contribution in [0.3, 0.4) is 0 Å². The van der Waals surface area contributed by atoms with Gasteiger partial charge < -0.3 is 5.11 Å². The van der Waals surface area contributed by atoms with E-state index < -0.39 is 0 Å². The van der Waals surface area contributed by atoms with Crippen molar-refractivity contribution in [2.24, 2.45) is 5.92 Å². The van der Waals surface area contributed by atoms with Gasteiger partial charge in [-0.05, 0) is 37.9 Å². The van der Waals surface area contributed by atoms with Gasteiger partial charge >= 0.3 is 0 Å². The van der Waals surface area contributed by atoms with E-state index in [0.717, 1.165) is 24.2 Å². The average Bonchev–Trinajstić information content (AvgIpc) is 2.34. The molecule has 1 rings (SSSR count). The Balaban J connectivity index is 2.85. The van der Waals surface area contributed by atoms with Gasteiger partial charge in [0.1, 0.15) is 5.75 Å². The third-order valence-electron chi connectivity index (χ3n) is 3.83. The number of phenols is 1. The van der Waals surface area contributed by atoms with Crippen LogP contribution < -0.4 is 0 Å². The topological polar surface area (TPSA) is 23.5 Å². The predicted molar refractivity (Wildman–Crippen MR) is 78.0 cm³/mol. The summed E-state index contributed by atoms with van der Waals surface area (Å²) in [6.07, 6.45) is 1.20. The largest absolute Gasteiger partial charge is 0.508 e. The molecule has 0 aliphatic heterocycles. The molecule has 0 aromatic heterocycles. The normalized spacial score (nSPS) is 14.8. The summed E-state index contributed by atoms with van der Waals surface area (Å²) in [7, 11) is 0. The second-order valence-corrected chi connectivity index (χ2v) is 5.34. The molecule has 2 unspecified atom stereocenters. The quantitative estimate of drug-likeness (QED) is 0.819. The smallest absolute Gasteiger partial charge is 0.120 e. The molecule has 0 heterocycles. The lowest BCUT2D eigenvalue weighted by atomic mass is 10.0. The second-order valence-electron chi connectivity index (χ2n) is 5.34. The molecule has 2 nitrogen and oxygen atoms in total. The number of hydrogen-bond acceptors (Lipinski definition) is 2. The van der Waals surface area contributed by atoms with E-state index in [1.54, 1.807) is 0 Å². The Morgan fingerprint density at radius 2 is 1.89 bits per heavy atom. The molecule has 0 bridgehead atoms. The standard InChI is InChI=1S/C16H27NO/c1-6-12(3)11-17(7-2)14(5)15-9-8-13(4)10-16(15)18/h8-10,12,14,18H,6-7,11H2,1-5H3. The van der Waals surface area contributed by atoms with E-state index in [-0.39, 0.29) is 6.04 Å². The zero-order chi connectivity index (χ0) is 13.7. The molecular weight excluding hydrogens is 222 g/mol. The van der Waals surface area contributed by atoms with Gasteiger partial charge in [-0.25, -0.2) is 0 Å². The molecule has 0 aliphatic rings. The van der Waals surface area contributed by atoms with Gasteiger partial charge in [-0.1, -0.05) is 39.3 Å². The maximum Gasteiger partial charge on any atom is 0.120 e. The Bertz CT molecular complexity index is 375. The predicted octanol–water partition coefficient (Wildman–Crippen LogP) is 4.13. The van der Waals surface area contributed by atoms with E-state index in [0.29, 0.717) is 11.7 Å². The molecule has 0 fully saturated rings. The van der Waals surface area contributed by atoms with E-state index in [1.165, 1.54) is 6.42 Å². The molecule has 0 saturated heterocycles. The summed E-state index contributed by atoms with van der Waals surface area (Å²) in [5.41, 5.74) is 2.14. The molecule has 2 heteroatoms. The lowest BCUT2D eigenvalue weighted by molar-refractivity contribution is 0.187. The molecule has 1 aromatic carbocycles. The van der Waals surface area contributed by atoms with E-state index >= 15 is 0 Å².